The van der Waals surface area contributed by atoms with Gasteiger partial charge in [0.05, 0.1) is 34.5 Å². The Kier molecular flexibility index (Phi) is 15.8. The minimum atomic E-state index is -1.00. The van der Waals surface area contributed by atoms with Gasteiger partial charge in [-0.15, -0.1) is 32.9 Å². The lowest BCUT2D eigenvalue weighted by Crippen LogP contribution is -2.58. The van der Waals surface area contributed by atoms with Crippen LogP contribution in [0.15, 0.2) is 83.3 Å². The molecule has 3 aromatic heterocycles. The fourth-order valence-electron chi connectivity index (χ4n) is 8.71. The molecule has 8 rings (SSSR count). The zero-order chi connectivity index (χ0) is 50.6. The van der Waals surface area contributed by atoms with Gasteiger partial charge in [0.2, 0.25) is 23.6 Å². The lowest BCUT2D eigenvalue weighted by atomic mass is 9.85. The predicted octanol–water partition coefficient (Wildman–Crippen LogP) is 7.85. The van der Waals surface area contributed by atoms with Crippen molar-refractivity contribution in [3.8, 4) is 21.2 Å². The van der Waals surface area contributed by atoms with Gasteiger partial charge < -0.3 is 35.4 Å². The van der Waals surface area contributed by atoms with Crippen molar-refractivity contribution in [1.82, 2.24) is 35.3 Å². The van der Waals surface area contributed by atoms with Crippen molar-refractivity contribution in [3.63, 3.8) is 0 Å². The molecule has 372 valence electrons. The molecule has 2 aliphatic heterocycles. The third-order valence-corrected chi connectivity index (χ3v) is 15.0. The maximum Gasteiger partial charge on any atom is 0.246 e. The largest absolute Gasteiger partial charge is 0.491 e. The Labute approximate surface area is 425 Å². The van der Waals surface area contributed by atoms with Gasteiger partial charge in [-0.05, 0) is 80.5 Å². The highest BCUT2D eigenvalue weighted by Crippen LogP contribution is 2.40. The summed E-state index contributed by atoms with van der Waals surface area (Å²) in [5.74, 6) is 0.323. The molecule has 2 aliphatic rings. The van der Waals surface area contributed by atoms with Gasteiger partial charge in [0.1, 0.15) is 47.9 Å². The first-order valence-electron chi connectivity index (χ1n) is 23.5. The average Bonchev–Trinajstić information content (AvgIpc) is 4.10. The number of likely N-dealkylation sites (tertiary alicyclic amines) is 1. The summed E-state index contributed by atoms with van der Waals surface area (Å²) in [6.45, 7) is 13.6. The van der Waals surface area contributed by atoms with E-state index in [-0.39, 0.29) is 57.6 Å². The quantitative estimate of drug-likeness (QED) is 0.0652. The van der Waals surface area contributed by atoms with Crippen LogP contribution in [0.5, 0.6) is 5.75 Å². The van der Waals surface area contributed by atoms with E-state index in [4.69, 9.17) is 26.1 Å². The highest BCUT2D eigenvalue weighted by atomic mass is 35.5. The number of rotatable bonds is 17. The second-order valence-corrected chi connectivity index (χ2v) is 21.4. The van der Waals surface area contributed by atoms with Crippen LogP contribution >= 0.6 is 34.3 Å². The number of halogens is 1. The summed E-state index contributed by atoms with van der Waals surface area (Å²) < 4.78 is 13.6. The van der Waals surface area contributed by atoms with Crippen LogP contribution in [0.3, 0.4) is 0 Å². The molecule has 0 bridgehead atoms. The van der Waals surface area contributed by atoms with Crippen LogP contribution in [0.1, 0.15) is 90.5 Å². The van der Waals surface area contributed by atoms with E-state index < -0.39 is 41.5 Å². The smallest absolute Gasteiger partial charge is 0.246 e. The lowest BCUT2D eigenvalue weighted by Gasteiger charge is -2.35. The monoisotopic (exact) mass is 1020 g/mol. The van der Waals surface area contributed by atoms with E-state index in [2.05, 4.69) is 49.5 Å². The molecule has 4 N–H and O–H groups in total. The number of fused-ring (bicyclic) bond motifs is 3. The maximum atomic E-state index is 14.1. The van der Waals surface area contributed by atoms with Gasteiger partial charge >= 0.3 is 0 Å². The molecule has 4 atom stereocenters. The van der Waals surface area contributed by atoms with Gasteiger partial charge in [-0.2, -0.15) is 0 Å². The Hall–Kier alpha value is -6.31. The Morgan fingerprint density at radius 1 is 0.944 bits per heavy atom. The summed E-state index contributed by atoms with van der Waals surface area (Å²) in [5.41, 5.74) is 8.39. The maximum absolute atomic E-state index is 14.1. The van der Waals surface area contributed by atoms with E-state index in [1.54, 1.807) is 46.9 Å². The number of aromatic nitrogens is 4. The van der Waals surface area contributed by atoms with Crippen LogP contribution < -0.4 is 20.7 Å². The van der Waals surface area contributed by atoms with Gasteiger partial charge in [0.25, 0.3) is 0 Å². The van der Waals surface area contributed by atoms with Crippen molar-refractivity contribution < 1.29 is 33.8 Å². The zero-order valence-electron chi connectivity index (χ0n) is 40.7. The molecule has 1 fully saturated rings. The van der Waals surface area contributed by atoms with E-state index in [1.807, 2.05) is 88.7 Å². The molecule has 3 aromatic carbocycles. The predicted molar refractivity (Wildman–Crippen MR) is 276 cm³/mol. The Balaban J connectivity index is 0.807. The molecule has 71 heavy (non-hydrogen) atoms. The van der Waals surface area contributed by atoms with Crippen LogP contribution in [-0.4, -0.2) is 104 Å². The summed E-state index contributed by atoms with van der Waals surface area (Å²) in [4.78, 5) is 67.4. The number of hydrogen-bond acceptors (Lipinski definition) is 13. The standard InChI is InChI=1S/C52H58ClN9O7S2/c1-29-31(3)71-51-44(29)45(34-15-17-36(53)18-16-34)57-40(48-60-59-32(4)62(48)51)19-20-42(64)56-37-9-8-10-39(23-37)69-22-21-68-27-43(65)58-47(52(5,6)7)50(67)61-26-38(63)24-41(61)49(66)54-25-33-11-13-35(14-12-33)46-30(2)55-28-70-46/h8-18,23,28,38,40-41,47,63H,19-22,24-27H2,1-7H3,(H,54,66)(H,56,64)(H,58,65)/t38-,40+,41+,47?/m1/s1. The summed E-state index contributed by atoms with van der Waals surface area (Å²) in [7, 11) is 0. The molecule has 0 spiro atoms. The SMILES string of the molecule is Cc1ncsc1-c1ccc(CNC(=O)[C@@H]2C[C@@H](O)CN2C(=O)C(NC(=O)COCCOc2cccc(NC(=O)CC[C@@H]3N=C(c4ccc(Cl)cc4)c4c(sc(C)c4C)-n4c(C)nnc43)c2)C(C)(C)C)cc1. The van der Waals surface area contributed by atoms with Crippen LogP contribution in [0.2, 0.25) is 5.02 Å². The number of carbonyl (C=O) groups excluding carboxylic acids is 4. The Morgan fingerprint density at radius 3 is 2.41 bits per heavy atom. The number of anilines is 1. The number of nitrogens with one attached hydrogen (secondary N) is 3. The van der Waals surface area contributed by atoms with Crippen LogP contribution in [0.25, 0.3) is 15.4 Å². The van der Waals surface area contributed by atoms with Crippen LogP contribution in [-0.2, 0) is 30.5 Å². The van der Waals surface area contributed by atoms with Gasteiger partial charge in [-0.25, -0.2) is 4.98 Å². The molecule has 5 heterocycles. The van der Waals surface area contributed by atoms with Crippen molar-refractivity contribution >= 4 is 69.3 Å². The average molecular weight is 1020 g/mol. The first-order valence-corrected chi connectivity index (χ1v) is 25.5. The van der Waals surface area contributed by atoms with Gasteiger partial charge in [-0.1, -0.05) is 74.8 Å². The minimum absolute atomic E-state index is 0.0376. The van der Waals surface area contributed by atoms with Gasteiger partial charge in [0, 0.05) is 58.7 Å². The number of hydrogen-bond donors (Lipinski definition) is 4. The van der Waals surface area contributed by atoms with Crippen molar-refractivity contribution in [1.29, 1.82) is 0 Å². The topological polar surface area (TPSA) is 202 Å². The first kappa shape index (κ1) is 51.1. The lowest BCUT2D eigenvalue weighted by molar-refractivity contribution is -0.144. The number of thiophene rings is 1. The molecule has 0 radical (unpaired) electrons. The van der Waals surface area contributed by atoms with Crippen molar-refractivity contribution in [2.45, 2.75) is 98.5 Å². The van der Waals surface area contributed by atoms with E-state index in [1.165, 1.54) is 9.78 Å². The molecule has 0 saturated carbocycles. The highest BCUT2D eigenvalue weighted by molar-refractivity contribution is 7.15. The van der Waals surface area contributed by atoms with Crippen molar-refractivity contribution in [2.75, 3.05) is 31.7 Å². The number of aryl methyl sites for hydroxylation is 3. The van der Waals surface area contributed by atoms with Crippen LogP contribution in [0.4, 0.5) is 5.69 Å². The molecule has 19 heteroatoms. The first-order chi connectivity index (χ1) is 33.9. The van der Waals surface area contributed by atoms with Gasteiger partial charge in [-0.3, -0.25) is 28.7 Å². The van der Waals surface area contributed by atoms with E-state index in [0.29, 0.717) is 28.7 Å². The van der Waals surface area contributed by atoms with Gasteiger partial charge in [0.15, 0.2) is 5.82 Å². The van der Waals surface area contributed by atoms with Crippen molar-refractivity contribution in [3.05, 3.63) is 128 Å². The molecule has 1 unspecified atom stereocenters. The number of nitrogens with zero attached hydrogens (tertiary/aromatic N) is 6. The third-order valence-electron chi connectivity index (χ3n) is 12.6. The molecule has 0 aliphatic carbocycles. The number of carbonyl (C=O) groups is 4. The summed E-state index contributed by atoms with van der Waals surface area (Å²) in [6.07, 6.45) is -0.280. The van der Waals surface area contributed by atoms with E-state index in [0.717, 1.165) is 54.9 Å². The van der Waals surface area contributed by atoms with Crippen LogP contribution in [0, 0.1) is 33.1 Å². The van der Waals surface area contributed by atoms with E-state index >= 15 is 0 Å². The number of aliphatic hydroxyl groups is 1. The number of amides is 4. The fourth-order valence-corrected chi connectivity index (χ4v) is 10.9. The zero-order valence-corrected chi connectivity index (χ0v) is 43.1. The number of aliphatic imine (C=N–C) groups is 1. The molecule has 6 aromatic rings. The molecular formula is C52H58ClN9O7S2. The molecule has 16 nitrogen and oxygen atoms in total. The molecule has 4 amide bonds. The number of aliphatic hydroxyl groups excluding tert-OH is 1. The normalized spacial score (nSPS) is 16.9. The Morgan fingerprint density at radius 2 is 1.69 bits per heavy atom. The summed E-state index contributed by atoms with van der Waals surface area (Å²) in [5, 5.41) is 29.9. The molecule has 1 saturated heterocycles. The highest BCUT2D eigenvalue weighted by Gasteiger charge is 2.44. The summed E-state index contributed by atoms with van der Waals surface area (Å²) >= 11 is 9.50. The second-order valence-electron chi connectivity index (χ2n) is 18.9. The van der Waals surface area contributed by atoms with E-state index in [9.17, 15) is 24.3 Å². The Bertz CT molecular complexity index is 2940. The number of benzene rings is 3. The number of ether oxygens (including phenoxy) is 2. The minimum Gasteiger partial charge on any atom is -0.491 e. The van der Waals surface area contributed by atoms with Crippen molar-refractivity contribution in [2.24, 2.45) is 10.4 Å². The second kappa shape index (κ2) is 22.0. The summed E-state index contributed by atoms with van der Waals surface area (Å²) in [6, 6.07) is 20.1. The molecular weight excluding hydrogens is 962 g/mol. The fraction of sp³-hybridized carbons (Fsp3) is 0.385. The number of thiazole rings is 1. The number of β-amino-alcohol motifs (C(OH)–C–C–N with tert-alkyl or cyclic N) is 1. The third kappa shape index (κ3) is 11.9.